The minimum Gasteiger partial charge on any atom is -0.508 e. The second-order valence-electron chi connectivity index (χ2n) is 5.38. The van der Waals surface area contributed by atoms with Crippen LogP contribution < -0.4 is 0 Å². The Hall–Kier alpha value is -2.74. The van der Waals surface area contributed by atoms with Gasteiger partial charge in [0, 0.05) is 12.8 Å². The molecule has 0 radical (unpaired) electrons. The predicted octanol–water partition coefficient (Wildman–Crippen LogP) is 4.28. The van der Waals surface area contributed by atoms with Crippen LogP contribution in [-0.4, -0.2) is 10.2 Å². The molecule has 2 heteroatoms. The minimum atomic E-state index is 0.319. The molecule has 0 saturated carbocycles. The Bertz CT molecular complexity index is 711. The second-order valence-corrected chi connectivity index (χ2v) is 5.38. The number of phenolic OH excluding ortho intramolecular Hbond substituents is 2. The van der Waals surface area contributed by atoms with Crippen molar-refractivity contribution in [3.8, 4) is 11.5 Å². The number of para-hydroxylation sites is 2. The summed E-state index contributed by atoms with van der Waals surface area (Å²) in [7, 11) is 0. The molecule has 0 aliphatic rings. The molecule has 22 heavy (non-hydrogen) atoms. The molecular formula is C20H18O2. The van der Waals surface area contributed by atoms with E-state index in [4.69, 9.17) is 0 Å². The molecule has 0 amide bonds. The van der Waals surface area contributed by atoms with E-state index in [-0.39, 0.29) is 0 Å². The number of phenols is 2. The molecule has 2 N–H and O–H groups in total. The van der Waals surface area contributed by atoms with Crippen LogP contribution in [0.3, 0.4) is 0 Å². The molecule has 3 aromatic carbocycles. The van der Waals surface area contributed by atoms with Gasteiger partial charge in [-0.25, -0.2) is 0 Å². The van der Waals surface area contributed by atoms with Crippen LogP contribution in [0.15, 0.2) is 72.8 Å². The normalized spacial score (nSPS) is 10.5. The highest BCUT2D eigenvalue weighted by atomic mass is 16.3. The van der Waals surface area contributed by atoms with Gasteiger partial charge in [-0.3, -0.25) is 0 Å². The maximum Gasteiger partial charge on any atom is 0.119 e. The van der Waals surface area contributed by atoms with Gasteiger partial charge >= 0.3 is 0 Å². The molecule has 3 rings (SSSR count). The van der Waals surface area contributed by atoms with Crippen molar-refractivity contribution in [3.05, 3.63) is 95.1 Å². The van der Waals surface area contributed by atoms with Crippen LogP contribution in [-0.2, 0) is 12.8 Å². The summed E-state index contributed by atoms with van der Waals surface area (Å²) in [5, 5.41) is 19.9. The third kappa shape index (κ3) is 3.12. The third-order valence-corrected chi connectivity index (χ3v) is 3.86. The number of rotatable bonds is 4. The van der Waals surface area contributed by atoms with E-state index in [1.165, 1.54) is 0 Å². The van der Waals surface area contributed by atoms with Crippen molar-refractivity contribution in [1.29, 1.82) is 0 Å². The van der Waals surface area contributed by atoms with E-state index in [1.54, 1.807) is 12.1 Å². The molecule has 0 atom stereocenters. The summed E-state index contributed by atoms with van der Waals surface area (Å²) in [5.74, 6) is 0.639. The average molecular weight is 290 g/mol. The van der Waals surface area contributed by atoms with Gasteiger partial charge in [0.05, 0.1) is 0 Å². The summed E-state index contributed by atoms with van der Waals surface area (Å²) in [5.41, 5.74) is 4.14. The van der Waals surface area contributed by atoms with Crippen molar-refractivity contribution in [2.24, 2.45) is 0 Å². The number of hydrogen-bond donors (Lipinski definition) is 2. The van der Waals surface area contributed by atoms with Gasteiger partial charge in [-0.2, -0.15) is 0 Å². The summed E-state index contributed by atoms with van der Waals surface area (Å²) >= 11 is 0. The Morgan fingerprint density at radius 2 is 0.773 bits per heavy atom. The monoisotopic (exact) mass is 290 g/mol. The summed E-state index contributed by atoms with van der Waals surface area (Å²) in [6.07, 6.45) is 1.35. The van der Waals surface area contributed by atoms with Crippen molar-refractivity contribution in [1.82, 2.24) is 0 Å². The first-order valence-electron chi connectivity index (χ1n) is 7.34. The summed E-state index contributed by atoms with van der Waals surface area (Å²) in [6, 6.07) is 23.0. The minimum absolute atomic E-state index is 0.319. The molecule has 0 unspecified atom stereocenters. The Morgan fingerprint density at radius 3 is 1.14 bits per heavy atom. The van der Waals surface area contributed by atoms with E-state index in [0.717, 1.165) is 22.3 Å². The highest BCUT2D eigenvalue weighted by Gasteiger charge is 2.08. The van der Waals surface area contributed by atoms with Crippen LogP contribution in [0.5, 0.6) is 11.5 Å². The van der Waals surface area contributed by atoms with Gasteiger partial charge in [-0.1, -0.05) is 60.7 Å². The zero-order valence-electron chi connectivity index (χ0n) is 12.2. The first-order chi connectivity index (χ1) is 10.7. The van der Waals surface area contributed by atoms with Gasteiger partial charge in [0.2, 0.25) is 0 Å². The molecule has 0 aliphatic carbocycles. The molecule has 0 heterocycles. The fourth-order valence-corrected chi connectivity index (χ4v) is 2.63. The molecule has 0 aromatic heterocycles. The van der Waals surface area contributed by atoms with Crippen molar-refractivity contribution in [2.45, 2.75) is 12.8 Å². The van der Waals surface area contributed by atoms with Crippen molar-refractivity contribution in [3.63, 3.8) is 0 Å². The first kappa shape index (κ1) is 14.2. The van der Waals surface area contributed by atoms with Crippen LogP contribution >= 0.6 is 0 Å². The molecule has 110 valence electrons. The van der Waals surface area contributed by atoms with E-state index in [2.05, 4.69) is 12.1 Å². The molecule has 0 aliphatic heterocycles. The molecule has 0 fully saturated rings. The molecule has 0 spiro atoms. The molecular weight excluding hydrogens is 272 g/mol. The van der Waals surface area contributed by atoms with Crippen molar-refractivity contribution >= 4 is 0 Å². The molecule has 3 aromatic rings. The smallest absolute Gasteiger partial charge is 0.119 e. The van der Waals surface area contributed by atoms with Crippen LogP contribution in [0.1, 0.15) is 22.3 Å². The summed E-state index contributed by atoms with van der Waals surface area (Å²) < 4.78 is 0. The number of benzene rings is 3. The fraction of sp³-hybridized carbons (Fsp3) is 0.100. The quantitative estimate of drug-likeness (QED) is 0.753. The maximum atomic E-state index is 9.96. The van der Waals surface area contributed by atoms with Crippen LogP contribution in [0.25, 0.3) is 0 Å². The zero-order valence-corrected chi connectivity index (χ0v) is 12.2. The highest BCUT2D eigenvalue weighted by molar-refractivity contribution is 5.43. The number of hydrogen-bond acceptors (Lipinski definition) is 2. The fourth-order valence-electron chi connectivity index (χ4n) is 2.63. The van der Waals surface area contributed by atoms with E-state index in [9.17, 15) is 10.2 Å². The lowest BCUT2D eigenvalue weighted by Gasteiger charge is -2.11. The van der Waals surface area contributed by atoms with Gasteiger partial charge < -0.3 is 10.2 Å². The first-order valence-corrected chi connectivity index (χ1v) is 7.34. The predicted molar refractivity (Wildman–Crippen MR) is 88.3 cm³/mol. The third-order valence-electron chi connectivity index (χ3n) is 3.86. The lowest BCUT2D eigenvalue weighted by Crippen LogP contribution is -1.97. The number of aromatic hydroxyl groups is 2. The van der Waals surface area contributed by atoms with Gasteiger partial charge in [0.1, 0.15) is 11.5 Å². The van der Waals surface area contributed by atoms with Crippen LogP contribution in [0.2, 0.25) is 0 Å². The summed E-state index contributed by atoms with van der Waals surface area (Å²) in [6.45, 7) is 0. The van der Waals surface area contributed by atoms with E-state index in [1.807, 2.05) is 48.5 Å². The lowest BCUT2D eigenvalue weighted by atomic mass is 9.94. The van der Waals surface area contributed by atoms with Crippen LogP contribution in [0.4, 0.5) is 0 Å². The van der Waals surface area contributed by atoms with E-state index in [0.29, 0.717) is 24.3 Å². The van der Waals surface area contributed by atoms with Gasteiger partial charge in [-0.15, -0.1) is 0 Å². The zero-order chi connectivity index (χ0) is 15.4. The van der Waals surface area contributed by atoms with Crippen LogP contribution in [0, 0.1) is 0 Å². The lowest BCUT2D eigenvalue weighted by molar-refractivity contribution is 0.468. The SMILES string of the molecule is Oc1ccccc1Cc1ccccc1Cc1ccccc1O. The van der Waals surface area contributed by atoms with Crippen molar-refractivity contribution in [2.75, 3.05) is 0 Å². The Kier molecular flexibility index (Phi) is 4.10. The average Bonchev–Trinajstić information content (AvgIpc) is 2.53. The molecule has 0 saturated heterocycles. The van der Waals surface area contributed by atoms with E-state index >= 15 is 0 Å². The maximum absolute atomic E-state index is 9.96. The largest absolute Gasteiger partial charge is 0.508 e. The standard InChI is InChI=1S/C20H18O2/c21-19-11-5-3-9-17(19)13-15-7-1-2-8-16(15)14-18-10-4-6-12-20(18)22/h1-12,21-22H,13-14H2. The van der Waals surface area contributed by atoms with Gasteiger partial charge in [-0.05, 0) is 34.4 Å². The Morgan fingerprint density at radius 1 is 0.455 bits per heavy atom. The topological polar surface area (TPSA) is 40.5 Å². The Labute approximate surface area is 130 Å². The van der Waals surface area contributed by atoms with Gasteiger partial charge in [0.15, 0.2) is 0 Å². The second kappa shape index (κ2) is 6.35. The van der Waals surface area contributed by atoms with Crippen molar-refractivity contribution < 1.29 is 10.2 Å². The molecule has 0 bridgehead atoms. The molecule has 2 nitrogen and oxygen atoms in total. The highest BCUT2D eigenvalue weighted by Crippen LogP contribution is 2.25. The summed E-state index contributed by atoms with van der Waals surface area (Å²) in [4.78, 5) is 0. The van der Waals surface area contributed by atoms with E-state index < -0.39 is 0 Å². The Balaban J connectivity index is 1.91. The van der Waals surface area contributed by atoms with Gasteiger partial charge in [0.25, 0.3) is 0 Å².